The van der Waals surface area contributed by atoms with Crippen molar-refractivity contribution in [2.24, 2.45) is 0 Å². The number of hydrogen-bond donors (Lipinski definition) is 1. The summed E-state index contributed by atoms with van der Waals surface area (Å²) >= 11 is 6.99. The minimum Gasteiger partial charge on any atom is -0.507 e. The maximum atomic E-state index is 12.1. The van der Waals surface area contributed by atoms with E-state index in [0.717, 1.165) is 21.4 Å². The number of carbonyl (C=O) groups excluding carboxylic acids is 1. The number of aryl methyl sites for hydroxylation is 1. The third-order valence-electron chi connectivity index (χ3n) is 4.39. The van der Waals surface area contributed by atoms with Gasteiger partial charge in [0.25, 0.3) is 0 Å². The van der Waals surface area contributed by atoms with Crippen LogP contribution in [-0.4, -0.2) is 39.9 Å². The summed E-state index contributed by atoms with van der Waals surface area (Å²) in [6.07, 6.45) is -0.320. The van der Waals surface area contributed by atoms with Gasteiger partial charge in [0.2, 0.25) is 0 Å². The van der Waals surface area contributed by atoms with E-state index in [0.29, 0.717) is 29.7 Å². The average molecular weight is 502 g/mol. The number of aromatic nitrogens is 1. The number of likely N-dealkylation sites (tertiary alicyclic amines) is 1. The molecule has 1 aromatic heterocycles. The number of hydrogen-bond acceptors (Lipinski definition) is 5. The minimum absolute atomic E-state index is 0.0577. The molecule has 0 bridgehead atoms. The Balaban J connectivity index is 1.81. The Kier molecular flexibility index (Phi) is 5.59. The second kappa shape index (κ2) is 7.47. The molecule has 1 saturated heterocycles. The topological polar surface area (TPSA) is 75.8 Å². The van der Waals surface area contributed by atoms with Crippen molar-refractivity contribution < 1.29 is 19.2 Å². The molecule has 6 nitrogen and oxygen atoms in total. The normalized spacial score (nSPS) is 15.0. The summed E-state index contributed by atoms with van der Waals surface area (Å²) in [6, 6.07) is 3.53. The molecule has 0 unspecified atom stereocenters. The van der Waals surface area contributed by atoms with Gasteiger partial charge in [-0.3, -0.25) is 0 Å². The van der Waals surface area contributed by atoms with E-state index in [1.165, 1.54) is 0 Å². The average Bonchev–Trinajstić information content (AvgIpc) is 2.91. The van der Waals surface area contributed by atoms with E-state index >= 15 is 0 Å². The summed E-state index contributed by atoms with van der Waals surface area (Å²) in [5.74, 6) is 0.946. The molecule has 0 atom stereocenters. The first-order chi connectivity index (χ1) is 12.6. The van der Waals surface area contributed by atoms with Crippen LogP contribution in [0.2, 0.25) is 0 Å². The molecule has 2 aromatic rings. The van der Waals surface area contributed by atoms with Gasteiger partial charge in [-0.2, -0.15) is 0 Å². The summed E-state index contributed by atoms with van der Waals surface area (Å²) in [5, 5.41) is 15.1. The van der Waals surface area contributed by atoms with E-state index < -0.39 is 5.60 Å². The molecule has 1 fully saturated rings. The number of alkyl halides is 1. The summed E-state index contributed by atoms with van der Waals surface area (Å²) in [6.45, 7) is 8.49. The van der Waals surface area contributed by atoms with Crippen LogP contribution in [0.15, 0.2) is 21.1 Å². The Morgan fingerprint density at radius 3 is 2.67 bits per heavy atom. The lowest BCUT2D eigenvalue weighted by molar-refractivity contribution is 0.00597. The lowest BCUT2D eigenvalue weighted by Gasteiger charge is -2.38. The highest BCUT2D eigenvalue weighted by atomic mass is 79.9. The first kappa shape index (κ1) is 20.2. The molecule has 1 amide bonds. The highest BCUT2D eigenvalue weighted by Gasteiger charge is 2.38. The Bertz CT molecular complexity index is 867. The summed E-state index contributed by atoms with van der Waals surface area (Å²) in [5.41, 5.74) is 2.53. The van der Waals surface area contributed by atoms with Crippen LogP contribution in [0.3, 0.4) is 0 Å². The number of phenols is 1. The van der Waals surface area contributed by atoms with Crippen LogP contribution in [0.5, 0.6) is 5.75 Å². The van der Waals surface area contributed by atoms with Crippen LogP contribution in [0.1, 0.15) is 43.6 Å². The van der Waals surface area contributed by atoms with Crippen molar-refractivity contribution in [2.45, 2.75) is 44.5 Å². The van der Waals surface area contributed by atoms with Gasteiger partial charge in [-0.25, -0.2) is 4.79 Å². The van der Waals surface area contributed by atoms with Gasteiger partial charge in [-0.1, -0.05) is 37.0 Å². The smallest absolute Gasteiger partial charge is 0.410 e. The second-order valence-corrected chi connectivity index (χ2v) is 9.12. The van der Waals surface area contributed by atoms with E-state index in [1.54, 1.807) is 11.0 Å². The summed E-state index contributed by atoms with van der Waals surface area (Å²) in [7, 11) is 0. The number of halogens is 2. The lowest BCUT2D eigenvalue weighted by atomic mass is 9.93. The van der Waals surface area contributed by atoms with E-state index in [2.05, 4.69) is 37.0 Å². The Hall–Kier alpha value is -1.54. The van der Waals surface area contributed by atoms with Gasteiger partial charge in [-0.05, 0) is 45.4 Å². The number of ether oxygens (including phenoxy) is 1. The van der Waals surface area contributed by atoms with Crippen molar-refractivity contribution in [3.63, 3.8) is 0 Å². The van der Waals surface area contributed by atoms with E-state index in [9.17, 15) is 9.90 Å². The van der Waals surface area contributed by atoms with Gasteiger partial charge in [0.15, 0.2) is 0 Å². The molecule has 0 saturated carbocycles. The fraction of sp³-hybridized carbons (Fsp3) is 0.474. The Morgan fingerprint density at radius 1 is 1.41 bits per heavy atom. The number of rotatable bonds is 3. The molecule has 1 aromatic carbocycles. The van der Waals surface area contributed by atoms with E-state index in [-0.39, 0.29) is 17.8 Å². The highest BCUT2D eigenvalue weighted by molar-refractivity contribution is 9.10. The molecule has 2 heterocycles. The van der Waals surface area contributed by atoms with Gasteiger partial charge < -0.3 is 19.3 Å². The molecule has 146 valence electrons. The molecule has 1 aliphatic rings. The number of carbonyl (C=O) groups is 1. The number of phenolic OH excluding ortho intramolecular Hbond substituents is 1. The van der Waals surface area contributed by atoms with Crippen molar-refractivity contribution in [1.82, 2.24) is 10.1 Å². The van der Waals surface area contributed by atoms with Crippen LogP contribution in [0.4, 0.5) is 4.79 Å². The molecule has 1 aliphatic heterocycles. The predicted octanol–water partition coefficient (Wildman–Crippen LogP) is 5.35. The molecule has 0 aliphatic carbocycles. The first-order valence-electron chi connectivity index (χ1n) is 8.62. The van der Waals surface area contributed by atoms with Crippen molar-refractivity contribution in [3.05, 3.63) is 33.5 Å². The van der Waals surface area contributed by atoms with Crippen molar-refractivity contribution >= 4 is 38.0 Å². The summed E-state index contributed by atoms with van der Waals surface area (Å²) in [4.78, 5) is 13.8. The largest absolute Gasteiger partial charge is 0.507 e. The Morgan fingerprint density at radius 2 is 2.07 bits per heavy atom. The predicted molar refractivity (Wildman–Crippen MR) is 109 cm³/mol. The van der Waals surface area contributed by atoms with Crippen LogP contribution in [-0.2, 0) is 10.1 Å². The molecule has 0 spiro atoms. The zero-order valence-electron chi connectivity index (χ0n) is 15.7. The molecule has 27 heavy (non-hydrogen) atoms. The third kappa shape index (κ3) is 4.16. The van der Waals surface area contributed by atoms with E-state index in [1.807, 2.05) is 33.8 Å². The van der Waals surface area contributed by atoms with Crippen LogP contribution in [0, 0.1) is 6.92 Å². The minimum atomic E-state index is -0.515. The number of benzene rings is 1. The molecule has 3 rings (SSSR count). The molecular formula is C19H22Br2N2O4. The van der Waals surface area contributed by atoms with Gasteiger partial charge in [-0.15, -0.1) is 0 Å². The number of amides is 1. The first-order valence-corrected chi connectivity index (χ1v) is 10.5. The molecule has 0 radical (unpaired) electrons. The quantitative estimate of drug-likeness (QED) is 0.574. The van der Waals surface area contributed by atoms with Crippen LogP contribution < -0.4 is 0 Å². The maximum Gasteiger partial charge on any atom is 0.410 e. The third-order valence-corrected chi connectivity index (χ3v) is 5.80. The fourth-order valence-corrected chi connectivity index (χ4v) is 3.84. The maximum absolute atomic E-state index is 12.1. The number of aromatic hydroxyl groups is 1. The van der Waals surface area contributed by atoms with Crippen molar-refractivity contribution in [2.75, 3.05) is 13.1 Å². The molecule has 1 N–H and O–H groups in total. The standard InChI is InChI=1S/C19H22Br2N2O4/c1-10-5-15(24)12(6-14(10)21)16-13(7-20)17(27-22-16)11-8-23(9-11)18(25)26-19(2,3)4/h5-6,11,24H,7-9H2,1-4H3. The van der Waals surface area contributed by atoms with Gasteiger partial charge in [0, 0.05) is 34.0 Å². The molecule has 8 heteroatoms. The monoisotopic (exact) mass is 500 g/mol. The van der Waals surface area contributed by atoms with Crippen molar-refractivity contribution in [1.29, 1.82) is 0 Å². The lowest BCUT2D eigenvalue weighted by Crippen LogP contribution is -2.50. The van der Waals surface area contributed by atoms with Crippen LogP contribution in [0.25, 0.3) is 11.3 Å². The summed E-state index contributed by atoms with van der Waals surface area (Å²) < 4.78 is 11.9. The Labute approximate surface area is 175 Å². The number of nitrogens with zero attached hydrogens (tertiary/aromatic N) is 2. The van der Waals surface area contributed by atoms with Gasteiger partial charge >= 0.3 is 6.09 Å². The zero-order chi connectivity index (χ0) is 19.9. The van der Waals surface area contributed by atoms with Crippen LogP contribution >= 0.6 is 31.9 Å². The van der Waals surface area contributed by atoms with Crippen molar-refractivity contribution in [3.8, 4) is 17.0 Å². The SMILES string of the molecule is Cc1cc(O)c(-c2noc(C3CN(C(=O)OC(C)(C)C)C3)c2CBr)cc1Br. The van der Waals surface area contributed by atoms with Gasteiger partial charge in [0.05, 0.1) is 5.92 Å². The highest BCUT2D eigenvalue weighted by Crippen LogP contribution is 2.40. The fourth-order valence-electron chi connectivity index (χ4n) is 2.96. The zero-order valence-corrected chi connectivity index (χ0v) is 18.8. The molecular weight excluding hydrogens is 480 g/mol. The van der Waals surface area contributed by atoms with E-state index in [4.69, 9.17) is 9.26 Å². The second-order valence-electron chi connectivity index (χ2n) is 7.71. The van der Waals surface area contributed by atoms with Gasteiger partial charge in [0.1, 0.15) is 22.8 Å².